The van der Waals surface area contributed by atoms with Gasteiger partial charge >= 0.3 is 0 Å². The zero-order valence-electron chi connectivity index (χ0n) is 9.76. The van der Waals surface area contributed by atoms with Crippen molar-refractivity contribution >= 4 is 0 Å². The summed E-state index contributed by atoms with van der Waals surface area (Å²) in [5.41, 5.74) is -0.639. The van der Waals surface area contributed by atoms with Crippen LogP contribution in [0.5, 0.6) is 0 Å². The molecule has 0 aromatic carbocycles. The van der Waals surface area contributed by atoms with Crippen molar-refractivity contribution in [3.05, 3.63) is 11.7 Å². The van der Waals surface area contributed by atoms with Gasteiger partial charge in [-0.2, -0.15) is 4.98 Å². The van der Waals surface area contributed by atoms with E-state index < -0.39 is 11.3 Å². The summed E-state index contributed by atoms with van der Waals surface area (Å²) in [6.07, 6.45) is 0.142. The normalized spacial score (nSPS) is 28.9. The molecule has 1 atom stereocenters. The van der Waals surface area contributed by atoms with Crippen LogP contribution in [0.15, 0.2) is 4.52 Å². The highest BCUT2D eigenvalue weighted by molar-refractivity contribution is 5.11. The minimum absolute atomic E-state index is 0.0882. The summed E-state index contributed by atoms with van der Waals surface area (Å²) in [5.74, 6) is -1.51. The average molecular weight is 230 g/mol. The number of alkyl halides is 2. The zero-order valence-corrected chi connectivity index (χ0v) is 9.76. The zero-order chi connectivity index (χ0) is 12.0. The van der Waals surface area contributed by atoms with E-state index in [9.17, 15) is 8.78 Å². The van der Waals surface area contributed by atoms with Gasteiger partial charge < -0.3 is 4.52 Å². The quantitative estimate of drug-likeness (QED) is 0.782. The fourth-order valence-corrected chi connectivity index (χ4v) is 2.11. The average Bonchev–Trinajstić information content (AvgIpc) is 2.71. The molecule has 0 N–H and O–H groups in total. The molecule has 1 fully saturated rings. The van der Waals surface area contributed by atoms with E-state index in [0.29, 0.717) is 18.1 Å². The monoisotopic (exact) mass is 230 g/mol. The summed E-state index contributed by atoms with van der Waals surface area (Å²) in [4.78, 5) is 4.22. The van der Waals surface area contributed by atoms with Crippen molar-refractivity contribution in [1.82, 2.24) is 10.1 Å². The van der Waals surface area contributed by atoms with E-state index in [1.807, 2.05) is 13.8 Å². The van der Waals surface area contributed by atoms with Crippen LogP contribution in [-0.2, 0) is 5.41 Å². The van der Waals surface area contributed by atoms with Gasteiger partial charge in [0.25, 0.3) is 0 Å². The van der Waals surface area contributed by atoms with Crippen molar-refractivity contribution in [3.63, 3.8) is 0 Å². The molecular formula is C11H16F2N2O. The Morgan fingerprint density at radius 3 is 2.44 bits per heavy atom. The lowest BCUT2D eigenvalue weighted by atomic mass is 9.88. The number of halogens is 2. The Balaban J connectivity index is 2.24. The van der Waals surface area contributed by atoms with Crippen molar-refractivity contribution in [2.75, 3.05) is 0 Å². The van der Waals surface area contributed by atoms with Gasteiger partial charge in [-0.1, -0.05) is 25.9 Å². The largest absolute Gasteiger partial charge is 0.339 e. The molecule has 16 heavy (non-hydrogen) atoms. The van der Waals surface area contributed by atoms with Crippen LogP contribution in [-0.4, -0.2) is 16.1 Å². The molecule has 1 aromatic rings. The topological polar surface area (TPSA) is 38.9 Å². The molecule has 90 valence electrons. The van der Waals surface area contributed by atoms with Crippen LogP contribution in [0, 0.1) is 0 Å². The van der Waals surface area contributed by atoms with Crippen molar-refractivity contribution in [1.29, 1.82) is 0 Å². The lowest BCUT2D eigenvalue weighted by molar-refractivity contribution is 0.00303. The SMILES string of the molecule is CC(C)c1nc(C2(C)CCC(F)(F)C2)no1. The maximum atomic E-state index is 13.2. The van der Waals surface area contributed by atoms with Crippen LogP contribution in [0.25, 0.3) is 0 Å². The van der Waals surface area contributed by atoms with Gasteiger partial charge in [-0.05, 0) is 6.42 Å². The lowest BCUT2D eigenvalue weighted by Gasteiger charge is -2.18. The van der Waals surface area contributed by atoms with Gasteiger partial charge in [0.1, 0.15) is 0 Å². The van der Waals surface area contributed by atoms with Crippen molar-refractivity contribution < 1.29 is 13.3 Å². The second kappa shape index (κ2) is 3.50. The molecule has 1 aliphatic rings. The van der Waals surface area contributed by atoms with E-state index in [2.05, 4.69) is 10.1 Å². The van der Waals surface area contributed by atoms with Crippen LogP contribution >= 0.6 is 0 Å². The van der Waals surface area contributed by atoms with Gasteiger partial charge in [-0.25, -0.2) is 8.78 Å². The van der Waals surface area contributed by atoms with Crippen LogP contribution < -0.4 is 0 Å². The van der Waals surface area contributed by atoms with Crippen molar-refractivity contribution in [2.45, 2.75) is 57.3 Å². The first-order chi connectivity index (χ1) is 7.32. The fourth-order valence-electron chi connectivity index (χ4n) is 2.11. The van der Waals surface area contributed by atoms with Gasteiger partial charge in [-0.15, -0.1) is 0 Å². The first-order valence-corrected chi connectivity index (χ1v) is 5.54. The highest BCUT2D eigenvalue weighted by Crippen LogP contribution is 2.47. The molecule has 1 heterocycles. The number of aromatic nitrogens is 2. The number of rotatable bonds is 2. The molecule has 0 bridgehead atoms. The van der Waals surface area contributed by atoms with Gasteiger partial charge in [0.15, 0.2) is 5.82 Å². The van der Waals surface area contributed by atoms with Gasteiger partial charge in [-0.3, -0.25) is 0 Å². The van der Waals surface area contributed by atoms with E-state index in [4.69, 9.17) is 4.52 Å². The smallest absolute Gasteiger partial charge is 0.249 e. The Morgan fingerprint density at radius 1 is 1.31 bits per heavy atom. The van der Waals surface area contributed by atoms with Crippen molar-refractivity contribution in [3.8, 4) is 0 Å². The maximum Gasteiger partial charge on any atom is 0.249 e. The van der Waals surface area contributed by atoms with Gasteiger partial charge in [0.05, 0.1) is 0 Å². The standard InChI is InChI=1S/C11H16F2N2O/c1-7(2)8-14-9(15-16-8)10(3)4-5-11(12,13)6-10/h7H,4-6H2,1-3H3. The van der Waals surface area contributed by atoms with Crippen molar-refractivity contribution in [2.24, 2.45) is 0 Å². The highest BCUT2D eigenvalue weighted by Gasteiger charge is 2.49. The minimum atomic E-state index is -2.59. The third-order valence-corrected chi connectivity index (χ3v) is 3.17. The summed E-state index contributed by atoms with van der Waals surface area (Å²) in [5, 5.41) is 3.84. The molecule has 0 radical (unpaired) electrons. The first-order valence-electron chi connectivity index (χ1n) is 5.54. The summed E-state index contributed by atoms with van der Waals surface area (Å²) in [7, 11) is 0. The summed E-state index contributed by atoms with van der Waals surface area (Å²) >= 11 is 0. The van der Waals surface area contributed by atoms with Crippen LogP contribution in [0.3, 0.4) is 0 Å². The lowest BCUT2D eigenvalue weighted by Crippen LogP contribution is -2.22. The van der Waals surface area contributed by atoms with Gasteiger partial charge in [0.2, 0.25) is 11.8 Å². The predicted molar refractivity (Wildman–Crippen MR) is 54.5 cm³/mol. The Bertz CT molecular complexity index is 389. The molecule has 0 amide bonds. The Hall–Kier alpha value is -1.00. The van der Waals surface area contributed by atoms with Crippen LogP contribution in [0.4, 0.5) is 8.78 Å². The van der Waals surface area contributed by atoms with Crippen LogP contribution in [0.2, 0.25) is 0 Å². The molecule has 1 aliphatic carbocycles. The third-order valence-electron chi connectivity index (χ3n) is 3.17. The Morgan fingerprint density at radius 2 is 2.00 bits per heavy atom. The first kappa shape index (κ1) is 11.5. The fraction of sp³-hybridized carbons (Fsp3) is 0.818. The Labute approximate surface area is 93.2 Å². The molecule has 1 unspecified atom stereocenters. The molecule has 5 heteroatoms. The molecule has 3 nitrogen and oxygen atoms in total. The van der Waals surface area contributed by atoms with E-state index in [0.717, 1.165) is 0 Å². The predicted octanol–water partition coefficient (Wildman–Crippen LogP) is 3.27. The van der Waals surface area contributed by atoms with E-state index >= 15 is 0 Å². The number of nitrogens with zero attached hydrogens (tertiary/aromatic N) is 2. The minimum Gasteiger partial charge on any atom is -0.339 e. The van der Waals surface area contributed by atoms with E-state index in [1.165, 1.54) is 0 Å². The van der Waals surface area contributed by atoms with E-state index in [-0.39, 0.29) is 18.8 Å². The highest BCUT2D eigenvalue weighted by atomic mass is 19.3. The molecule has 2 rings (SSSR count). The molecular weight excluding hydrogens is 214 g/mol. The molecule has 1 aromatic heterocycles. The van der Waals surface area contributed by atoms with Gasteiger partial charge in [0, 0.05) is 24.2 Å². The third kappa shape index (κ3) is 1.95. The molecule has 0 spiro atoms. The van der Waals surface area contributed by atoms with E-state index in [1.54, 1.807) is 6.92 Å². The Kier molecular flexibility index (Phi) is 2.51. The second-order valence-corrected chi connectivity index (χ2v) is 5.20. The summed E-state index contributed by atoms with van der Waals surface area (Å²) in [6.45, 7) is 5.65. The number of hydrogen-bond donors (Lipinski definition) is 0. The molecule has 1 saturated carbocycles. The maximum absolute atomic E-state index is 13.2. The number of hydrogen-bond acceptors (Lipinski definition) is 3. The summed E-state index contributed by atoms with van der Waals surface area (Å²) < 4.78 is 31.5. The summed E-state index contributed by atoms with van der Waals surface area (Å²) in [6, 6.07) is 0. The molecule has 0 aliphatic heterocycles. The second-order valence-electron chi connectivity index (χ2n) is 5.20. The van der Waals surface area contributed by atoms with Crippen LogP contribution in [0.1, 0.15) is 57.7 Å². The molecule has 0 saturated heterocycles.